The van der Waals surface area contributed by atoms with Gasteiger partial charge in [-0.3, -0.25) is 9.52 Å². The number of carbonyl (C=O) groups excluding carboxylic acids is 1. The Morgan fingerprint density at radius 1 is 0.763 bits per heavy atom. The molecule has 3 aliphatic rings. The molecule has 5 heterocycles. The van der Waals surface area contributed by atoms with Gasteiger partial charge in [-0.25, -0.2) is 4.98 Å². The fourth-order valence-corrected chi connectivity index (χ4v) is 6.46. The van der Waals surface area contributed by atoms with Gasteiger partial charge in [-0.15, -0.1) is 11.3 Å². The van der Waals surface area contributed by atoms with E-state index in [1.807, 2.05) is 34.5 Å². The third-order valence-electron chi connectivity index (χ3n) is 7.07. The van der Waals surface area contributed by atoms with Crippen molar-refractivity contribution in [1.82, 2.24) is 24.8 Å². The number of hydrogen-bond acceptors (Lipinski definition) is 11. The van der Waals surface area contributed by atoms with Crippen molar-refractivity contribution in [1.29, 1.82) is 0 Å². The molecular weight excluding hydrogens is 542 g/mol. The van der Waals surface area contributed by atoms with Gasteiger partial charge >= 0.3 is 5.24 Å². The number of anilines is 4. The summed E-state index contributed by atoms with van der Waals surface area (Å²) in [6.07, 6.45) is 4.71. The number of aromatic nitrogens is 4. The molecule has 0 radical (unpaired) electrons. The second kappa shape index (κ2) is 11.5. The van der Waals surface area contributed by atoms with E-state index >= 15 is 0 Å². The van der Waals surface area contributed by atoms with E-state index in [4.69, 9.17) is 26.6 Å². The van der Waals surface area contributed by atoms with Crippen LogP contribution in [0.25, 0.3) is 11.3 Å². The molecule has 3 aromatic rings. The van der Waals surface area contributed by atoms with E-state index < -0.39 is 0 Å². The maximum atomic E-state index is 12.9. The van der Waals surface area contributed by atoms with Gasteiger partial charge in [-0.05, 0) is 37.8 Å². The Kier molecular flexibility index (Phi) is 7.70. The highest BCUT2D eigenvalue weighted by molar-refractivity contribution is 8.14. The van der Waals surface area contributed by atoms with Gasteiger partial charge in [0.1, 0.15) is 0 Å². The second-order valence-corrected chi connectivity index (χ2v) is 11.7. The van der Waals surface area contributed by atoms with E-state index in [0.29, 0.717) is 36.3 Å². The van der Waals surface area contributed by atoms with E-state index in [1.165, 1.54) is 37.0 Å². The number of nitrogens with zero attached hydrogens (tertiary/aromatic N) is 8. The van der Waals surface area contributed by atoms with Crippen LogP contribution in [-0.4, -0.2) is 82.4 Å². The van der Waals surface area contributed by atoms with Crippen molar-refractivity contribution in [3.05, 3.63) is 34.7 Å². The molecule has 0 bridgehead atoms. The van der Waals surface area contributed by atoms with Crippen molar-refractivity contribution in [3.8, 4) is 11.3 Å². The number of amides is 1. The van der Waals surface area contributed by atoms with Crippen LogP contribution in [0.3, 0.4) is 0 Å². The number of hydrogen-bond donors (Lipinski definition) is 1. The Morgan fingerprint density at radius 3 is 1.84 bits per heavy atom. The lowest BCUT2D eigenvalue weighted by Gasteiger charge is -2.35. The Bertz CT molecular complexity index is 1220. The predicted molar refractivity (Wildman–Crippen MR) is 156 cm³/mol. The standard InChI is InChI=1S/C25H30ClN9OS2/c26-19-7-5-18(6-8-19)20-17-37-24(27-20)31-38-25(36)35-15-13-34(14-16-35)23-29-21(32-9-1-2-10-32)28-22(30-23)33-11-3-4-12-33/h5-8,17H,1-4,9-16H2,(H,27,31). The molecule has 0 aliphatic carbocycles. The third-order valence-corrected chi connectivity index (χ3v) is 8.94. The van der Waals surface area contributed by atoms with Crippen molar-refractivity contribution < 1.29 is 4.79 Å². The van der Waals surface area contributed by atoms with Crippen molar-refractivity contribution in [2.45, 2.75) is 25.7 Å². The summed E-state index contributed by atoms with van der Waals surface area (Å²) in [5.41, 5.74) is 1.85. The van der Waals surface area contributed by atoms with Crippen LogP contribution < -0.4 is 19.4 Å². The summed E-state index contributed by atoms with van der Waals surface area (Å²) in [4.78, 5) is 40.6. The Morgan fingerprint density at radius 2 is 1.29 bits per heavy atom. The molecule has 1 N–H and O–H groups in total. The first-order valence-corrected chi connectivity index (χ1v) is 15.1. The highest BCUT2D eigenvalue weighted by Crippen LogP contribution is 2.29. The maximum Gasteiger partial charge on any atom is 0.302 e. The van der Waals surface area contributed by atoms with Crippen LogP contribution in [0.4, 0.5) is 27.8 Å². The number of nitrogens with one attached hydrogen (secondary N) is 1. The van der Waals surface area contributed by atoms with Crippen LogP contribution in [0.5, 0.6) is 0 Å². The summed E-state index contributed by atoms with van der Waals surface area (Å²) in [5.74, 6) is 2.29. The van der Waals surface area contributed by atoms with Gasteiger partial charge in [0.15, 0.2) is 5.13 Å². The number of piperazine rings is 1. The van der Waals surface area contributed by atoms with Gasteiger partial charge in [0, 0.05) is 80.3 Å². The predicted octanol–water partition coefficient (Wildman–Crippen LogP) is 4.85. The minimum Gasteiger partial charge on any atom is -0.341 e. The quantitative estimate of drug-likeness (QED) is 0.414. The molecule has 2 aromatic heterocycles. The summed E-state index contributed by atoms with van der Waals surface area (Å²) in [6, 6.07) is 7.57. The van der Waals surface area contributed by atoms with Gasteiger partial charge in [-0.2, -0.15) is 15.0 Å². The van der Waals surface area contributed by atoms with Crippen molar-refractivity contribution >= 4 is 63.1 Å². The minimum absolute atomic E-state index is 0.0148. The van der Waals surface area contributed by atoms with E-state index in [9.17, 15) is 4.79 Å². The van der Waals surface area contributed by atoms with Crippen molar-refractivity contribution in [2.24, 2.45) is 0 Å². The van der Waals surface area contributed by atoms with Crippen molar-refractivity contribution in [3.63, 3.8) is 0 Å². The first-order chi connectivity index (χ1) is 18.6. The average Bonchev–Trinajstić information content (AvgIpc) is 3.75. The summed E-state index contributed by atoms with van der Waals surface area (Å²) >= 11 is 8.53. The van der Waals surface area contributed by atoms with Crippen LogP contribution in [0.1, 0.15) is 25.7 Å². The number of rotatable bonds is 6. The number of thiazole rings is 1. The highest BCUT2D eigenvalue weighted by atomic mass is 35.5. The second-order valence-electron chi connectivity index (χ2n) is 9.61. The lowest BCUT2D eigenvalue weighted by atomic mass is 10.2. The molecule has 10 nitrogen and oxygen atoms in total. The van der Waals surface area contributed by atoms with Gasteiger partial charge in [0.2, 0.25) is 17.8 Å². The number of carbonyl (C=O) groups is 1. The van der Waals surface area contributed by atoms with Crippen LogP contribution in [-0.2, 0) is 0 Å². The molecule has 0 unspecified atom stereocenters. The molecule has 3 fully saturated rings. The Labute approximate surface area is 235 Å². The topological polar surface area (TPSA) is 93.6 Å². The molecular formula is C25H30ClN9OS2. The molecule has 6 rings (SSSR count). The van der Waals surface area contributed by atoms with Crippen molar-refractivity contribution in [2.75, 3.05) is 71.8 Å². The lowest BCUT2D eigenvalue weighted by molar-refractivity contribution is 0.219. The minimum atomic E-state index is -0.0148. The molecule has 3 aliphatic heterocycles. The fourth-order valence-electron chi connectivity index (χ4n) is 4.92. The summed E-state index contributed by atoms with van der Waals surface area (Å²) in [6.45, 7) is 6.59. The molecule has 1 amide bonds. The zero-order valence-corrected chi connectivity index (χ0v) is 23.4. The summed E-state index contributed by atoms with van der Waals surface area (Å²) in [7, 11) is 0. The normalized spacial score (nSPS) is 17.9. The first-order valence-electron chi connectivity index (χ1n) is 13.1. The number of benzene rings is 1. The molecule has 13 heteroatoms. The highest BCUT2D eigenvalue weighted by Gasteiger charge is 2.27. The summed E-state index contributed by atoms with van der Waals surface area (Å²) < 4.78 is 3.11. The fraction of sp³-hybridized carbons (Fsp3) is 0.480. The van der Waals surface area contributed by atoms with Crippen LogP contribution in [0, 0.1) is 0 Å². The van der Waals surface area contributed by atoms with E-state index in [1.54, 1.807) is 0 Å². The summed E-state index contributed by atoms with van der Waals surface area (Å²) in [5, 5.41) is 3.34. The monoisotopic (exact) mass is 571 g/mol. The average molecular weight is 572 g/mol. The van der Waals surface area contributed by atoms with Gasteiger partial charge in [0.25, 0.3) is 0 Å². The van der Waals surface area contributed by atoms with Gasteiger partial charge < -0.3 is 19.6 Å². The lowest BCUT2D eigenvalue weighted by Crippen LogP contribution is -2.48. The SMILES string of the molecule is O=C(SNc1nc(-c2ccc(Cl)cc2)cs1)N1CCN(c2nc(N3CCCC3)nc(N3CCCC3)n2)CC1. The van der Waals surface area contributed by atoms with Gasteiger partial charge in [-0.1, -0.05) is 23.7 Å². The third kappa shape index (κ3) is 5.76. The van der Waals surface area contributed by atoms with Gasteiger partial charge in [0.05, 0.1) is 5.69 Å². The van der Waals surface area contributed by atoms with E-state index in [-0.39, 0.29) is 5.24 Å². The number of halogens is 1. The molecule has 0 spiro atoms. The van der Waals surface area contributed by atoms with E-state index in [0.717, 1.165) is 67.2 Å². The Hall–Kier alpha value is -2.83. The zero-order chi connectivity index (χ0) is 25.9. The maximum absolute atomic E-state index is 12.9. The molecule has 3 saturated heterocycles. The molecule has 1 aromatic carbocycles. The van der Waals surface area contributed by atoms with Crippen LogP contribution >= 0.6 is 34.9 Å². The molecule has 38 heavy (non-hydrogen) atoms. The molecule has 0 atom stereocenters. The largest absolute Gasteiger partial charge is 0.341 e. The molecule has 0 saturated carbocycles. The Balaban J connectivity index is 1.06. The zero-order valence-electron chi connectivity index (χ0n) is 21.1. The molecule has 200 valence electrons. The van der Waals surface area contributed by atoms with Crippen LogP contribution in [0.2, 0.25) is 5.02 Å². The van der Waals surface area contributed by atoms with E-state index in [2.05, 4.69) is 24.4 Å². The first kappa shape index (κ1) is 25.4. The smallest absolute Gasteiger partial charge is 0.302 e. The van der Waals surface area contributed by atoms with Crippen LogP contribution in [0.15, 0.2) is 29.6 Å².